The highest BCUT2D eigenvalue weighted by Gasteiger charge is 2.22. The molecule has 0 aliphatic carbocycles. The van der Waals surface area contributed by atoms with E-state index in [0.717, 1.165) is 26.4 Å². The highest BCUT2D eigenvalue weighted by Crippen LogP contribution is 2.34. The van der Waals surface area contributed by atoms with Crippen LogP contribution in [0.5, 0.6) is 0 Å². The molecule has 4 nitrogen and oxygen atoms in total. The molecule has 3 aromatic heterocycles. The van der Waals surface area contributed by atoms with E-state index in [-0.39, 0.29) is 5.91 Å². The van der Waals surface area contributed by atoms with E-state index in [1.54, 1.807) is 22.4 Å². The molecule has 7 heteroatoms. The first-order chi connectivity index (χ1) is 13.1. The minimum Gasteiger partial charge on any atom is -0.282 e. The van der Waals surface area contributed by atoms with Crippen molar-refractivity contribution >= 4 is 55.5 Å². The van der Waals surface area contributed by atoms with E-state index >= 15 is 0 Å². The number of fused-ring (bicyclic) bond motifs is 1. The summed E-state index contributed by atoms with van der Waals surface area (Å²) >= 11 is 9.32. The van der Waals surface area contributed by atoms with E-state index < -0.39 is 0 Å². The first-order valence-corrected chi connectivity index (χ1v) is 10.5. The molecule has 0 aliphatic heterocycles. The molecular formula is C20H16ClN3OS2. The van der Waals surface area contributed by atoms with Crippen molar-refractivity contribution in [3.63, 3.8) is 0 Å². The second kappa shape index (κ2) is 7.76. The molecule has 0 bridgehead atoms. The molecule has 0 radical (unpaired) electrons. The maximum absolute atomic E-state index is 13.1. The number of aromatic nitrogens is 2. The molecule has 4 aromatic rings. The van der Waals surface area contributed by atoms with E-state index in [0.29, 0.717) is 23.1 Å². The predicted octanol–water partition coefficient (Wildman–Crippen LogP) is 5.49. The molecule has 1 aromatic carbocycles. The van der Waals surface area contributed by atoms with Crippen LogP contribution in [-0.2, 0) is 17.8 Å². The smallest absolute Gasteiger partial charge is 0.234 e. The Hall–Kier alpha value is -2.28. The Labute approximate surface area is 170 Å². The average molecular weight is 414 g/mol. The fraction of sp³-hybridized carbons (Fsp3) is 0.150. The summed E-state index contributed by atoms with van der Waals surface area (Å²) in [6.07, 6.45) is 2.08. The van der Waals surface area contributed by atoms with Gasteiger partial charge in [0.05, 0.1) is 28.9 Å². The zero-order chi connectivity index (χ0) is 18.8. The summed E-state index contributed by atoms with van der Waals surface area (Å²) in [5.41, 5.74) is 2.60. The molecule has 3 heterocycles. The molecule has 0 aliphatic rings. The van der Waals surface area contributed by atoms with Gasteiger partial charge in [0.1, 0.15) is 0 Å². The van der Waals surface area contributed by atoms with Crippen LogP contribution in [0.4, 0.5) is 5.13 Å². The van der Waals surface area contributed by atoms with E-state index in [9.17, 15) is 4.79 Å². The Balaban J connectivity index is 1.72. The number of halogens is 1. The van der Waals surface area contributed by atoms with Gasteiger partial charge >= 0.3 is 0 Å². The van der Waals surface area contributed by atoms with Crippen LogP contribution in [0.2, 0.25) is 5.02 Å². The first kappa shape index (κ1) is 18.1. The van der Waals surface area contributed by atoms with Crippen LogP contribution in [0.25, 0.3) is 10.2 Å². The molecule has 0 saturated carbocycles. The number of carbonyl (C=O) groups is 1. The molecule has 1 amide bonds. The number of anilines is 1. The molecule has 0 N–H and O–H groups in total. The molecule has 0 atom stereocenters. The van der Waals surface area contributed by atoms with Crippen LogP contribution in [0, 0.1) is 6.92 Å². The quantitative estimate of drug-likeness (QED) is 0.434. The van der Waals surface area contributed by atoms with Gasteiger partial charge in [-0.3, -0.25) is 14.7 Å². The average Bonchev–Trinajstić information content (AvgIpc) is 3.33. The Bertz CT molecular complexity index is 1080. The molecule has 27 heavy (non-hydrogen) atoms. The lowest BCUT2D eigenvalue weighted by molar-refractivity contribution is -0.118. The SMILES string of the molecule is Cc1c(Cl)ccc2sc(N(Cc3ccccn3)C(=O)Cc3cccs3)nc12. The first-order valence-electron chi connectivity index (χ1n) is 8.40. The van der Waals surface area contributed by atoms with Crippen LogP contribution in [0.15, 0.2) is 54.0 Å². The Morgan fingerprint density at radius 3 is 2.81 bits per heavy atom. The zero-order valence-corrected chi connectivity index (χ0v) is 16.9. The van der Waals surface area contributed by atoms with Gasteiger partial charge in [0.2, 0.25) is 5.91 Å². The summed E-state index contributed by atoms with van der Waals surface area (Å²) in [6, 6.07) is 13.5. The van der Waals surface area contributed by atoms with Gasteiger partial charge in [0.15, 0.2) is 5.13 Å². The summed E-state index contributed by atoms with van der Waals surface area (Å²) in [5, 5.41) is 3.33. The molecule has 4 rings (SSSR count). The van der Waals surface area contributed by atoms with Crippen LogP contribution >= 0.6 is 34.3 Å². The normalized spacial score (nSPS) is 11.0. The number of aryl methyl sites for hydroxylation is 1. The van der Waals surface area contributed by atoms with Crippen molar-refractivity contribution in [3.05, 3.63) is 75.2 Å². The van der Waals surface area contributed by atoms with Crippen molar-refractivity contribution in [2.45, 2.75) is 19.9 Å². The molecule has 0 unspecified atom stereocenters. The van der Waals surface area contributed by atoms with Gasteiger partial charge in [-0.15, -0.1) is 11.3 Å². The number of rotatable bonds is 5. The molecule has 0 fully saturated rings. The van der Waals surface area contributed by atoms with Crippen molar-refractivity contribution in [2.24, 2.45) is 0 Å². The minimum atomic E-state index is 0.00547. The third-order valence-electron chi connectivity index (χ3n) is 4.22. The zero-order valence-electron chi connectivity index (χ0n) is 14.6. The van der Waals surface area contributed by atoms with Crippen molar-refractivity contribution in [2.75, 3.05) is 4.90 Å². The van der Waals surface area contributed by atoms with Crippen molar-refractivity contribution in [1.29, 1.82) is 0 Å². The highest BCUT2D eigenvalue weighted by atomic mass is 35.5. The van der Waals surface area contributed by atoms with Crippen molar-refractivity contribution in [3.8, 4) is 0 Å². The maximum Gasteiger partial charge on any atom is 0.234 e. The van der Waals surface area contributed by atoms with Gasteiger partial charge in [-0.25, -0.2) is 4.98 Å². The van der Waals surface area contributed by atoms with Crippen molar-refractivity contribution < 1.29 is 4.79 Å². The van der Waals surface area contributed by atoms with Gasteiger partial charge in [-0.1, -0.05) is 35.1 Å². The van der Waals surface area contributed by atoms with Crippen LogP contribution in [0.1, 0.15) is 16.1 Å². The van der Waals surface area contributed by atoms with Gasteiger partial charge in [0, 0.05) is 16.1 Å². The van der Waals surface area contributed by atoms with E-state index in [1.807, 2.05) is 54.8 Å². The molecule has 0 saturated heterocycles. The van der Waals surface area contributed by atoms with Crippen LogP contribution < -0.4 is 4.90 Å². The number of amides is 1. The Kier molecular flexibility index (Phi) is 5.20. The number of pyridine rings is 1. The van der Waals surface area contributed by atoms with Crippen molar-refractivity contribution in [1.82, 2.24) is 9.97 Å². The summed E-state index contributed by atoms with van der Waals surface area (Å²) in [6.45, 7) is 2.34. The Morgan fingerprint density at radius 2 is 2.07 bits per heavy atom. The number of nitrogens with zero attached hydrogens (tertiary/aromatic N) is 3. The topological polar surface area (TPSA) is 46.1 Å². The van der Waals surface area contributed by atoms with Crippen LogP contribution in [0.3, 0.4) is 0 Å². The molecule has 136 valence electrons. The highest BCUT2D eigenvalue weighted by molar-refractivity contribution is 7.22. The van der Waals surface area contributed by atoms with Crippen LogP contribution in [-0.4, -0.2) is 15.9 Å². The fourth-order valence-corrected chi connectivity index (χ4v) is 4.67. The number of carbonyl (C=O) groups excluding carboxylic acids is 1. The van der Waals surface area contributed by atoms with E-state index in [2.05, 4.69) is 4.98 Å². The lowest BCUT2D eigenvalue weighted by atomic mass is 10.2. The van der Waals surface area contributed by atoms with Gasteiger partial charge in [0.25, 0.3) is 0 Å². The number of hydrogen-bond donors (Lipinski definition) is 0. The lowest BCUT2D eigenvalue weighted by Crippen LogP contribution is -2.31. The number of thiophene rings is 1. The number of thiazole rings is 1. The monoisotopic (exact) mass is 413 g/mol. The molecular weight excluding hydrogens is 398 g/mol. The second-order valence-electron chi connectivity index (χ2n) is 6.07. The van der Waals surface area contributed by atoms with Gasteiger partial charge in [-0.2, -0.15) is 0 Å². The number of benzene rings is 1. The minimum absolute atomic E-state index is 0.00547. The van der Waals surface area contributed by atoms with E-state index in [1.165, 1.54) is 11.3 Å². The summed E-state index contributed by atoms with van der Waals surface area (Å²) in [4.78, 5) is 25.0. The Morgan fingerprint density at radius 1 is 1.19 bits per heavy atom. The van der Waals surface area contributed by atoms with Gasteiger partial charge < -0.3 is 0 Å². The number of hydrogen-bond acceptors (Lipinski definition) is 5. The maximum atomic E-state index is 13.1. The van der Waals surface area contributed by atoms with Gasteiger partial charge in [-0.05, 0) is 48.2 Å². The molecule has 0 spiro atoms. The predicted molar refractivity (Wildman–Crippen MR) is 113 cm³/mol. The standard InChI is InChI=1S/C20H16ClN3OS2/c1-13-16(21)7-8-17-19(13)23-20(27-17)24(12-14-5-2-3-9-22-14)18(25)11-15-6-4-10-26-15/h2-10H,11-12H2,1H3. The lowest BCUT2D eigenvalue weighted by Gasteiger charge is -2.19. The second-order valence-corrected chi connectivity index (χ2v) is 8.52. The summed E-state index contributed by atoms with van der Waals surface area (Å²) < 4.78 is 1.02. The largest absolute Gasteiger partial charge is 0.282 e. The third-order valence-corrected chi connectivity index (χ3v) is 6.55. The summed E-state index contributed by atoms with van der Waals surface area (Å²) in [7, 11) is 0. The summed E-state index contributed by atoms with van der Waals surface area (Å²) in [5.74, 6) is 0.00547. The third kappa shape index (κ3) is 3.88. The fourth-order valence-electron chi connectivity index (χ4n) is 2.78. The van der Waals surface area contributed by atoms with E-state index in [4.69, 9.17) is 16.6 Å².